The van der Waals surface area contributed by atoms with Gasteiger partial charge < -0.3 is 15.0 Å². The van der Waals surface area contributed by atoms with E-state index in [-0.39, 0.29) is 0 Å². The van der Waals surface area contributed by atoms with E-state index in [1.165, 1.54) is 30.6 Å². The molecular weight excluding hydrogens is 250 g/mol. The number of benzene rings is 1. The molecule has 106 valence electrons. The first-order valence-corrected chi connectivity index (χ1v) is 7.65. The van der Waals surface area contributed by atoms with E-state index in [4.69, 9.17) is 15.5 Å². The molecule has 1 aromatic heterocycles. The van der Waals surface area contributed by atoms with Crippen molar-refractivity contribution in [3.05, 3.63) is 29.6 Å². The van der Waals surface area contributed by atoms with E-state index in [2.05, 4.69) is 22.8 Å². The summed E-state index contributed by atoms with van der Waals surface area (Å²) >= 11 is 0. The van der Waals surface area contributed by atoms with Crippen LogP contribution in [0.2, 0.25) is 0 Å². The van der Waals surface area contributed by atoms with Crippen molar-refractivity contribution >= 4 is 11.0 Å². The molecule has 2 aliphatic rings. The maximum absolute atomic E-state index is 5.75. The van der Waals surface area contributed by atoms with Gasteiger partial charge >= 0.3 is 0 Å². The van der Waals surface area contributed by atoms with Crippen LogP contribution in [-0.4, -0.2) is 22.8 Å². The molecule has 2 aromatic rings. The Bertz CT molecular complexity index is 624. The van der Waals surface area contributed by atoms with Crippen molar-refractivity contribution in [2.24, 2.45) is 5.73 Å². The summed E-state index contributed by atoms with van der Waals surface area (Å²) in [5, 5.41) is 0. The van der Waals surface area contributed by atoms with Gasteiger partial charge in [-0.05, 0) is 43.4 Å². The molecule has 2 fully saturated rings. The van der Waals surface area contributed by atoms with Gasteiger partial charge in [0.2, 0.25) is 0 Å². The lowest BCUT2D eigenvalue weighted by atomic mass is 10.0. The van der Waals surface area contributed by atoms with Gasteiger partial charge in [0.25, 0.3) is 0 Å². The number of imidazole rings is 1. The van der Waals surface area contributed by atoms with E-state index in [0.717, 1.165) is 30.7 Å². The first-order valence-electron chi connectivity index (χ1n) is 7.65. The van der Waals surface area contributed by atoms with Crippen molar-refractivity contribution in [2.45, 2.75) is 44.2 Å². The Balaban J connectivity index is 1.83. The van der Waals surface area contributed by atoms with E-state index in [1.807, 2.05) is 0 Å². The highest BCUT2D eigenvalue weighted by Crippen LogP contribution is 2.41. The smallest absolute Gasteiger partial charge is 0.115 e. The van der Waals surface area contributed by atoms with Gasteiger partial charge in [-0.15, -0.1) is 0 Å². The van der Waals surface area contributed by atoms with E-state index in [1.54, 1.807) is 0 Å². The summed E-state index contributed by atoms with van der Waals surface area (Å²) < 4.78 is 8.13. The minimum Gasteiger partial charge on any atom is -0.381 e. The monoisotopic (exact) mass is 271 g/mol. The van der Waals surface area contributed by atoms with Crippen LogP contribution in [0.25, 0.3) is 11.0 Å². The SMILES string of the molecule is NCc1ccc2c(c1)nc(C1CCCOC1)n2C1CC1. The highest BCUT2D eigenvalue weighted by atomic mass is 16.5. The molecule has 2 N–H and O–H groups in total. The Labute approximate surface area is 118 Å². The zero-order valence-electron chi connectivity index (χ0n) is 11.7. The molecule has 1 saturated carbocycles. The molecule has 4 nitrogen and oxygen atoms in total. The molecular formula is C16H21N3O. The minimum absolute atomic E-state index is 0.457. The highest BCUT2D eigenvalue weighted by Gasteiger charge is 2.31. The Kier molecular flexibility index (Phi) is 3.00. The average Bonchev–Trinajstić information content (AvgIpc) is 3.27. The van der Waals surface area contributed by atoms with Crippen molar-refractivity contribution in [3.63, 3.8) is 0 Å². The molecule has 1 unspecified atom stereocenters. The lowest BCUT2D eigenvalue weighted by molar-refractivity contribution is 0.0771. The minimum atomic E-state index is 0.457. The fourth-order valence-corrected chi connectivity index (χ4v) is 3.24. The number of nitrogens with zero attached hydrogens (tertiary/aromatic N) is 2. The van der Waals surface area contributed by atoms with E-state index in [9.17, 15) is 0 Å². The van der Waals surface area contributed by atoms with Crippen LogP contribution in [0.3, 0.4) is 0 Å². The summed E-state index contributed by atoms with van der Waals surface area (Å²) in [6.45, 7) is 2.30. The molecule has 4 rings (SSSR count). The molecule has 0 bridgehead atoms. The Hall–Kier alpha value is -1.39. The standard InChI is InChI=1S/C16H21N3O/c17-9-11-3-6-15-14(8-11)18-16(19(15)13-4-5-13)12-2-1-7-20-10-12/h3,6,8,12-13H,1-2,4-5,7,9-10,17H2. The molecule has 1 aromatic carbocycles. The van der Waals surface area contributed by atoms with Gasteiger partial charge in [0.05, 0.1) is 17.6 Å². The fourth-order valence-electron chi connectivity index (χ4n) is 3.24. The molecule has 20 heavy (non-hydrogen) atoms. The second-order valence-corrected chi connectivity index (χ2v) is 6.01. The first kappa shape index (κ1) is 12.4. The van der Waals surface area contributed by atoms with Crippen LogP contribution in [0.4, 0.5) is 0 Å². The number of rotatable bonds is 3. The van der Waals surface area contributed by atoms with E-state index in [0.29, 0.717) is 18.5 Å². The van der Waals surface area contributed by atoms with Crippen molar-refractivity contribution < 1.29 is 4.74 Å². The normalized spacial score (nSPS) is 23.4. The third kappa shape index (κ3) is 2.03. The molecule has 0 spiro atoms. The molecule has 0 radical (unpaired) electrons. The Morgan fingerprint density at radius 2 is 2.20 bits per heavy atom. The quantitative estimate of drug-likeness (QED) is 0.934. The molecule has 2 heterocycles. The molecule has 1 aliphatic carbocycles. The van der Waals surface area contributed by atoms with Crippen LogP contribution in [0.5, 0.6) is 0 Å². The zero-order chi connectivity index (χ0) is 13.5. The lowest BCUT2D eigenvalue weighted by Gasteiger charge is -2.22. The maximum atomic E-state index is 5.75. The summed E-state index contributed by atoms with van der Waals surface area (Å²) in [6, 6.07) is 7.11. The van der Waals surface area contributed by atoms with Crippen LogP contribution in [0, 0.1) is 0 Å². The number of fused-ring (bicyclic) bond motifs is 1. The van der Waals surface area contributed by atoms with Crippen LogP contribution < -0.4 is 5.73 Å². The van der Waals surface area contributed by atoms with E-state index < -0.39 is 0 Å². The van der Waals surface area contributed by atoms with Gasteiger partial charge in [0, 0.05) is 25.1 Å². The Morgan fingerprint density at radius 3 is 2.90 bits per heavy atom. The summed E-state index contributed by atoms with van der Waals surface area (Å²) in [5.74, 6) is 1.69. The van der Waals surface area contributed by atoms with Crippen molar-refractivity contribution in [2.75, 3.05) is 13.2 Å². The third-order valence-electron chi connectivity index (χ3n) is 4.45. The number of hydrogen-bond acceptors (Lipinski definition) is 3. The second kappa shape index (κ2) is 4.86. The molecule has 1 saturated heterocycles. The van der Waals surface area contributed by atoms with Crippen molar-refractivity contribution in [3.8, 4) is 0 Å². The topological polar surface area (TPSA) is 53.1 Å². The number of nitrogens with two attached hydrogens (primary N) is 1. The second-order valence-electron chi connectivity index (χ2n) is 6.01. The summed E-state index contributed by atoms with van der Waals surface area (Å²) in [7, 11) is 0. The predicted octanol–water partition coefficient (Wildman–Crippen LogP) is 2.72. The van der Waals surface area contributed by atoms with Crippen LogP contribution in [0.1, 0.15) is 49.0 Å². The fraction of sp³-hybridized carbons (Fsp3) is 0.562. The van der Waals surface area contributed by atoms with Crippen molar-refractivity contribution in [1.82, 2.24) is 9.55 Å². The van der Waals surface area contributed by atoms with Crippen LogP contribution in [0.15, 0.2) is 18.2 Å². The van der Waals surface area contributed by atoms with Gasteiger partial charge in [0.1, 0.15) is 5.82 Å². The molecule has 1 atom stereocenters. The number of ether oxygens (including phenoxy) is 1. The first-order chi connectivity index (χ1) is 9.86. The van der Waals surface area contributed by atoms with Crippen molar-refractivity contribution in [1.29, 1.82) is 0 Å². The number of hydrogen-bond donors (Lipinski definition) is 1. The molecule has 4 heteroatoms. The van der Waals surface area contributed by atoms with Gasteiger partial charge in [-0.25, -0.2) is 4.98 Å². The van der Waals surface area contributed by atoms with Gasteiger partial charge in [-0.3, -0.25) is 0 Å². The van der Waals surface area contributed by atoms with Gasteiger partial charge in [-0.1, -0.05) is 6.07 Å². The maximum Gasteiger partial charge on any atom is 0.115 e. The summed E-state index contributed by atoms with van der Waals surface area (Å²) in [5.41, 5.74) is 9.27. The third-order valence-corrected chi connectivity index (χ3v) is 4.45. The summed E-state index contributed by atoms with van der Waals surface area (Å²) in [4.78, 5) is 4.93. The van der Waals surface area contributed by atoms with Gasteiger partial charge in [0.15, 0.2) is 0 Å². The van der Waals surface area contributed by atoms with E-state index >= 15 is 0 Å². The van der Waals surface area contributed by atoms with Crippen LogP contribution in [-0.2, 0) is 11.3 Å². The Morgan fingerprint density at radius 1 is 1.30 bits per heavy atom. The van der Waals surface area contributed by atoms with Crippen LogP contribution >= 0.6 is 0 Å². The zero-order valence-corrected chi connectivity index (χ0v) is 11.7. The molecule has 1 aliphatic heterocycles. The predicted molar refractivity (Wildman–Crippen MR) is 78.7 cm³/mol. The molecule has 0 amide bonds. The highest BCUT2D eigenvalue weighted by molar-refractivity contribution is 5.77. The number of aromatic nitrogens is 2. The largest absolute Gasteiger partial charge is 0.381 e. The summed E-state index contributed by atoms with van der Waals surface area (Å²) in [6.07, 6.45) is 4.90. The average molecular weight is 271 g/mol. The lowest BCUT2D eigenvalue weighted by Crippen LogP contribution is -2.19. The van der Waals surface area contributed by atoms with Gasteiger partial charge in [-0.2, -0.15) is 0 Å².